The highest BCUT2D eigenvalue weighted by atomic mass is 19.4. The van der Waals surface area contributed by atoms with Crippen molar-refractivity contribution in [3.05, 3.63) is 65.5 Å². The number of rotatable bonds is 2. The molecule has 1 aromatic heterocycles. The second kappa shape index (κ2) is 6.47. The average Bonchev–Trinajstić information content (AvgIpc) is 2.51. The highest BCUT2D eigenvalue weighted by molar-refractivity contribution is 5.95. The molecule has 0 aliphatic carbocycles. The van der Waals surface area contributed by atoms with Crippen LogP contribution in [0.25, 0.3) is 0 Å². The second-order valence-corrected chi connectivity index (χ2v) is 4.53. The third kappa shape index (κ3) is 4.06. The summed E-state index contributed by atoms with van der Waals surface area (Å²) in [5.74, 6) is -2.88. The lowest BCUT2D eigenvalue weighted by atomic mass is 10.2. The molecule has 0 radical (unpaired) electrons. The number of carbonyl (C=O) groups excluding carboxylic acids is 2. The predicted molar refractivity (Wildman–Crippen MR) is 73.1 cm³/mol. The second-order valence-electron chi connectivity index (χ2n) is 4.53. The first kappa shape index (κ1) is 16.5. The van der Waals surface area contributed by atoms with E-state index < -0.39 is 23.2 Å². The number of aromatic nitrogens is 1. The fourth-order valence-electron chi connectivity index (χ4n) is 1.68. The van der Waals surface area contributed by atoms with E-state index in [-0.39, 0.29) is 11.3 Å². The van der Waals surface area contributed by atoms with Crippen molar-refractivity contribution in [1.82, 2.24) is 10.0 Å². The van der Waals surface area contributed by atoms with Gasteiger partial charge in [0.2, 0.25) is 0 Å². The largest absolute Gasteiger partial charge is 0.520 e. The molecule has 23 heavy (non-hydrogen) atoms. The number of halogens is 3. The summed E-state index contributed by atoms with van der Waals surface area (Å²) >= 11 is 0. The fraction of sp³-hybridized carbons (Fsp3) is 0.133. The molecule has 2 rings (SSSR count). The third-order valence-electron chi connectivity index (χ3n) is 2.73. The zero-order chi connectivity index (χ0) is 17.0. The Labute approximate surface area is 129 Å². The van der Waals surface area contributed by atoms with Crippen molar-refractivity contribution in [2.24, 2.45) is 0 Å². The molecule has 0 aliphatic rings. The van der Waals surface area contributed by atoms with Crippen molar-refractivity contribution >= 4 is 11.9 Å². The normalized spacial score (nSPS) is 11.0. The highest BCUT2D eigenvalue weighted by Gasteiger charge is 2.45. The van der Waals surface area contributed by atoms with Crippen LogP contribution < -0.4 is 0 Å². The Hall–Kier alpha value is -2.90. The Morgan fingerprint density at radius 2 is 1.78 bits per heavy atom. The van der Waals surface area contributed by atoms with Gasteiger partial charge in [-0.2, -0.15) is 0 Å². The number of pyridine rings is 1. The van der Waals surface area contributed by atoms with Crippen LogP contribution in [0.15, 0.2) is 48.7 Å². The van der Waals surface area contributed by atoms with Crippen molar-refractivity contribution in [1.29, 1.82) is 0 Å². The number of nitrogens with zero attached hydrogens (tertiary/aromatic N) is 2. The number of hydrogen-bond donors (Lipinski definition) is 0. The van der Waals surface area contributed by atoms with Gasteiger partial charge in [-0.05, 0) is 36.8 Å². The summed E-state index contributed by atoms with van der Waals surface area (Å²) in [6.45, 7) is 1.63. The highest BCUT2D eigenvalue weighted by Crippen LogP contribution is 2.24. The first-order valence-electron chi connectivity index (χ1n) is 6.40. The molecule has 120 valence electrons. The predicted octanol–water partition coefficient (Wildman–Crippen LogP) is 3.12. The summed E-state index contributed by atoms with van der Waals surface area (Å²) in [5.41, 5.74) is 0.00910. The van der Waals surface area contributed by atoms with Crippen LogP contribution in [0.2, 0.25) is 0 Å². The van der Waals surface area contributed by atoms with Gasteiger partial charge in [-0.25, -0.2) is 9.78 Å². The van der Waals surface area contributed by atoms with Crippen LogP contribution in [0, 0.1) is 6.92 Å². The van der Waals surface area contributed by atoms with Crippen LogP contribution in [0.3, 0.4) is 0 Å². The SMILES string of the molecule is Cc1ccnc(C(=O)ON(C(=O)c2ccccc2)C(F)(F)F)c1. The lowest BCUT2D eigenvalue weighted by molar-refractivity contribution is -0.318. The molecule has 0 bridgehead atoms. The number of hydroxylamine groups is 2. The van der Waals surface area contributed by atoms with Crippen molar-refractivity contribution < 1.29 is 27.6 Å². The molecule has 5 nitrogen and oxygen atoms in total. The van der Waals surface area contributed by atoms with E-state index in [1.807, 2.05) is 0 Å². The van der Waals surface area contributed by atoms with Crippen LogP contribution in [0.5, 0.6) is 0 Å². The van der Waals surface area contributed by atoms with Crippen molar-refractivity contribution in [3.8, 4) is 0 Å². The minimum Gasteiger partial charge on any atom is -0.323 e. The Morgan fingerprint density at radius 3 is 2.35 bits per heavy atom. The standard InChI is InChI=1S/C15H11F3N2O3/c1-10-7-8-19-12(9-10)14(22)23-20(15(16,17)18)13(21)11-5-3-2-4-6-11/h2-9H,1H3. The zero-order valence-corrected chi connectivity index (χ0v) is 11.9. The van der Waals surface area contributed by atoms with Gasteiger partial charge in [-0.1, -0.05) is 23.3 Å². The quantitative estimate of drug-likeness (QED) is 0.629. The molecule has 8 heteroatoms. The minimum atomic E-state index is -5.19. The van der Waals surface area contributed by atoms with E-state index in [1.54, 1.807) is 13.0 Å². The van der Waals surface area contributed by atoms with Gasteiger partial charge in [0.15, 0.2) is 5.69 Å². The van der Waals surface area contributed by atoms with Crippen molar-refractivity contribution in [2.75, 3.05) is 0 Å². The number of alkyl halides is 3. The molecule has 0 spiro atoms. The maximum atomic E-state index is 13.0. The molecule has 0 saturated heterocycles. The maximum Gasteiger partial charge on any atom is 0.520 e. The van der Waals surface area contributed by atoms with Gasteiger partial charge in [0, 0.05) is 11.8 Å². The fourth-order valence-corrected chi connectivity index (χ4v) is 1.68. The summed E-state index contributed by atoms with van der Waals surface area (Å²) < 4.78 is 39.1. The Bertz CT molecular complexity index is 717. The smallest absolute Gasteiger partial charge is 0.323 e. The topological polar surface area (TPSA) is 59.5 Å². The zero-order valence-electron chi connectivity index (χ0n) is 11.9. The molecule has 1 heterocycles. The van der Waals surface area contributed by atoms with Crippen LogP contribution in [-0.2, 0) is 4.84 Å². The molecular weight excluding hydrogens is 313 g/mol. The number of hydrogen-bond acceptors (Lipinski definition) is 4. The van der Waals surface area contributed by atoms with Crippen LogP contribution >= 0.6 is 0 Å². The lowest BCUT2D eigenvalue weighted by Crippen LogP contribution is -2.44. The van der Waals surface area contributed by atoms with E-state index >= 15 is 0 Å². The molecule has 1 aromatic carbocycles. The molecule has 0 aliphatic heterocycles. The Balaban J connectivity index is 2.27. The van der Waals surface area contributed by atoms with E-state index in [4.69, 9.17) is 0 Å². The van der Waals surface area contributed by atoms with Gasteiger partial charge in [0.1, 0.15) is 0 Å². The van der Waals surface area contributed by atoms with Gasteiger partial charge in [-0.15, -0.1) is 13.2 Å². The van der Waals surface area contributed by atoms with Crippen LogP contribution in [0.1, 0.15) is 26.4 Å². The summed E-state index contributed by atoms with van der Waals surface area (Å²) in [5, 5.41) is -0.908. The summed E-state index contributed by atoms with van der Waals surface area (Å²) in [6, 6.07) is 9.51. The first-order chi connectivity index (χ1) is 10.8. The van der Waals surface area contributed by atoms with E-state index in [0.29, 0.717) is 5.56 Å². The first-order valence-corrected chi connectivity index (χ1v) is 6.40. The number of amides is 1. The Morgan fingerprint density at radius 1 is 1.13 bits per heavy atom. The van der Waals surface area contributed by atoms with Gasteiger partial charge in [-0.3, -0.25) is 4.79 Å². The molecule has 0 atom stereocenters. The third-order valence-corrected chi connectivity index (χ3v) is 2.73. The molecule has 0 N–H and O–H groups in total. The van der Waals surface area contributed by atoms with Crippen molar-refractivity contribution in [2.45, 2.75) is 13.2 Å². The Kier molecular flexibility index (Phi) is 4.63. The monoisotopic (exact) mass is 324 g/mol. The van der Waals surface area contributed by atoms with Gasteiger partial charge < -0.3 is 4.84 Å². The molecule has 0 saturated carbocycles. The summed E-state index contributed by atoms with van der Waals surface area (Å²) in [6.07, 6.45) is -3.94. The average molecular weight is 324 g/mol. The summed E-state index contributed by atoms with van der Waals surface area (Å²) in [4.78, 5) is 31.6. The van der Waals surface area contributed by atoms with Gasteiger partial charge >= 0.3 is 12.3 Å². The van der Waals surface area contributed by atoms with E-state index in [0.717, 1.165) is 0 Å². The number of aryl methyl sites for hydroxylation is 1. The lowest BCUT2D eigenvalue weighted by Gasteiger charge is -2.22. The van der Waals surface area contributed by atoms with Crippen LogP contribution in [-0.4, -0.2) is 28.2 Å². The van der Waals surface area contributed by atoms with Gasteiger partial charge in [0.05, 0.1) is 0 Å². The minimum absolute atomic E-state index is 0.269. The van der Waals surface area contributed by atoms with E-state index in [9.17, 15) is 22.8 Å². The van der Waals surface area contributed by atoms with E-state index in [1.165, 1.54) is 42.6 Å². The molecule has 0 fully saturated rings. The van der Waals surface area contributed by atoms with Gasteiger partial charge in [0.25, 0.3) is 5.91 Å². The molecule has 1 amide bonds. The molecule has 2 aromatic rings. The van der Waals surface area contributed by atoms with Crippen molar-refractivity contribution in [3.63, 3.8) is 0 Å². The van der Waals surface area contributed by atoms with Crippen LogP contribution in [0.4, 0.5) is 13.2 Å². The van der Waals surface area contributed by atoms with E-state index in [2.05, 4.69) is 9.82 Å². The molecular formula is C15H11F3N2O3. The maximum absolute atomic E-state index is 13.0. The summed E-state index contributed by atoms with van der Waals surface area (Å²) in [7, 11) is 0. The number of benzene rings is 1. The molecule has 0 unspecified atom stereocenters. The number of carbonyl (C=O) groups is 2.